The topological polar surface area (TPSA) is 72.3 Å². The Kier molecular flexibility index (Phi) is 4.12. The molecule has 26 heavy (non-hydrogen) atoms. The molecule has 0 aliphatic carbocycles. The van der Waals surface area contributed by atoms with Gasteiger partial charge in [0.05, 0.1) is 11.3 Å². The van der Waals surface area contributed by atoms with Gasteiger partial charge in [-0.1, -0.05) is 6.07 Å². The van der Waals surface area contributed by atoms with Gasteiger partial charge in [0.1, 0.15) is 12.4 Å². The summed E-state index contributed by atoms with van der Waals surface area (Å²) < 4.78 is 81.3. The Morgan fingerprint density at radius 1 is 1.08 bits per heavy atom. The molecule has 2 aromatic heterocycles. The van der Waals surface area contributed by atoms with Crippen LogP contribution in [0.2, 0.25) is 0 Å². The lowest BCUT2D eigenvalue weighted by molar-refractivity contribution is -0.144. The van der Waals surface area contributed by atoms with E-state index < -0.39 is 35.1 Å². The van der Waals surface area contributed by atoms with Crippen molar-refractivity contribution in [2.24, 2.45) is 0 Å². The highest BCUT2D eigenvalue weighted by atomic mass is 19.4. The Morgan fingerprint density at radius 3 is 2.46 bits per heavy atom. The van der Waals surface area contributed by atoms with E-state index in [4.69, 9.17) is 4.74 Å². The van der Waals surface area contributed by atoms with E-state index in [2.05, 4.69) is 15.1 Å². The average molecular weight is 378 g/mol. The van der Waals surface area contributed by atoms with Gasteiger partial charge in [-0.3, -0.25) is 4.79 Å². The number of hydrogen-bond acceptors (Lipinski definition) is 4. The number of benzene rings is 1. The number of nitrogens with one attached hydrogen (secondary N) is 1. The molecule has 0 radical (unpaired) electrons. The maximum atomic E-state index is 12.6. The number of rotatable bonds is 3. The molecule has 0 bridgehead atoms. The van der Waals surface area contributed by atoms with Gasteiger partial charge < -0.3 is 9.72 Å². The summed E-state index contributed by atoms with van der Waals surface area (Å²) in [5, 5.41) is 3.05. The molecule has 12 heteroatoms. The van der Waals surface area contributed by atoms with E-state index in [0.717, 1.165) is 24.3 Å². The monoisotopic (exact) mass is 378 g/mol. The molecule has 0 fully saturated rings. The van der Waals surface area contributed by atoms with E-state index in [1.165, 1.54) is 6.07 Å². The van der Waals surface area contributed by atoms with Crippen LogP contribution in [0.5, 0.6) is 5.75 Å². The third kappa shape index (κ3) is 3.63. The molecule has 1 aromatic carbocycles. The summed E-state index contributed by atoms with van der Waals surface area (Å²) in [6, 6.07) is 4.93. The first kappa shape index (κ1) is 17.8. The van der Waals surface area contributed by atoms with Crippen molar-refractivity contribution in [1.29, 1.82) is 0 Å². The summed E-state index contributed by atoms with van der Waals surface area (Å²) >= 11 is 0. The first-order valence-corrected chi connectivity index (χ1v) is 6.90. The quantitative estimate of drug-likeness (QED) is 0.712. The van der Waals surface area contributed by atoms with Crippen molar-refractivity contribution >= 4 is 5.78 Å². The van der Waals surface area contributed by atoms with Crippen LogP contribution in [-0.2, 0) is 19.0 Å². The fourth-order valence-electron chi connectivity index (χ4n) is 2.06. The minimum absolute atomic E-state index is 0.0148. The molecule has 0 unspecified atom stereocenters. The molecule has 0 amide bonds. The zero-order valence-electron chi connectivity index (χ0n) is 12.5. The molecule has 0 saturated carbocycles. The Morgan fingerprint density at radius 2 is 1.81 bits per heavy atom. The molecule has 1 N–H and O–H groups in total. The van der Waals surface area contributed by atoms with Gasteiger partial charge in [0.2, 0.25) is 5.78 Å². The maximum absolute atomic E-state index is 12.6. The van der Waals surface area contributed by atoms with Gasteiger partial charge in [-0.2, -0.15) is 35.8 Å². The molecule has 2 heterocycles. The van der Waals surface area contributed by atoms with Crippen LogP contribution in [0.4, 0.5) is 26.3 Å². The van der Waals surface area contributed by atoms with Crippen molar-refractivity contribution in [1.82, 2.24) is 19.6 Å². The van der Waals surface area contributed by atoms with Crippen molar-refractivity contribution in [3.8, 4) is 5.75 Å². The summed E-state index contributed by atoms with van der Waals surface area (Å²) in [4.78, 5) is 17.4. The second-order valence-electron chi connectivity index (χ2n) is 5.12. The summed E-state index contributed by atoms with van der Waals surface area (Å²) in [5.74, 6) is -2.09. The fraction of sp³-hybridized carbons (Fsp3) is 0.214. The van der Waals surface area contributed by atoms with Gasteiger partial charge >= 0.3 is 12.4 Å². The number of nitrogens with zero attached hydrogens (tertiary/aromatic N) is 3. The van der Waals surface area contributed by atoms with E-state index in [1.54, 1.807) is 0 Å². The molecule has 3 rings (SSSR count). The van der Waals surface area contributed by atoms with E-state index in [-0.39, 0.29) is 18.1 Å². The van der Waals surface area contributed by atoms with Crippen molar-refractivity contribution in [2.45, 2.75) is 19.0 Å². The van der Waals surface area contributed by atoms with Crippen LogP contribution < -0.4 is 10.3 Å². The van der Waals surface area contributed by atoms with Crippen LogP contribution in [0, 0.1) is 0 Å². The second kappa shape index (κ2) is 6.04. The molecular formula is C14H8F6N4O2. The van der Waals surface area contributed by atoms with Gasteiger partial charge in [0, 0.05) is 6.07 Å². The second-order valence-corrected chi connectivity index (χ2v) is 5.12. The lowest BCUT2D eigenvalue weighted by atomic mass is 10.2. The number of aromatic amines is 1. The molecule has 0 aliphatic rings. The molecule has 0 spiro atoms. The van der Waals surface area contributed by atoms with E-state index in [1.807, 2.05) is 0 Å². The fourth-order valence-corrected chi connectivity index (χ4v) is 2.06. The zero-order valence-corrected chi connectivity index (χ0v) is 12.5. The third-order valence-corrected chi connectivity index (χ3v) is 3.20. The van der Waals surface area contributed by atoms with Gasteiger partial charge in [0.15, 0.2) is 0 Å². The smallest absolute Gasteiger partial charge is 0.453 e. The van der Waals surface area contributed by atoms with Gasteiger partial charge in [-0.25, -0.2) is 0 Å². The van der Waals surface area contributed by atoms with Gasteiger partial charge in [-0.05, 0) is 18.2 Å². The largest absolute Gasteiger partial charge is 0.487 e. The van der Waals surface area contributed by atoms with Crippen LogP contribution in [0.1, 0.15) is 17.1 Å². The predicted octanol–water partition coefficient (Wildman–Crippen LogP) is 3.03. The number of halogens is 6. The van der Waals surface area contributed by atoms with E-state index >= 15 is 0 Å². The number of alkyl halides is 6. The van der Waals surface area contributed by atoms with E-state index in [9.17, 15) is 31.1 Å². The predicted molar refractivity (Wildman–Crippen MR) is 74.4 cm³/mol. The lowest BCUT2D eigenvalue weighted by Gasteiger charge is -2.10. The minimum Gasteiger partial charge on any atom is -0.487 e. The van der Waals surface area contributed by atoms with Crippen molar-refractivity contribution < 1.29 is 31.1 Å². The number of ether oxygens (including phenoxy) is 1. The molecule has 0 aliphatic heterocycles. The van der Waals surface area contributed by atoms with Gasteiger partial charge in [0.25, 0.3) is 11.4 Å². The Hall–Kier alpha value is -3.05. The molecule has 6 nitrogen and oxygen atoms in total. The molecule has 0 saturated heterocycles. The SMILES string of the molecule is O=c1cc(COc2cccc(C(F)(F)F)c2)[nH]c2nc(C(F)(F)F)nn12. The number of hydrogen-bond donors (Lipinski definition) is 1. The number of aromatic nitrogens is 4. The molecular weight excluding hydrogens is 370 g/mol. The molecule has 3 aromatic rings. The maximum Gasteiger partial charge on any atom is 0.453 e. The summed E-state index contributed by atoms with van der Waals surface area (Å²) in [7, 11) is 0. The Bertz CT molecular complexity index is 1010. The first-order valence-electron chi connectivity index (χ1n) is 6.90. The molecule has 138 valence electrons. The van der Waals surface area contributed by atoms with E-state index in [0.29, 0.717) is 4.52 Å². The normalized spacial score (nSPS) is 12.5. The summed E-state index contributed by atoms with van der Waals surface area (Å²) in [6.45, 7) is -0.388. The highest BCUT2D eigenvalue weighted by Crippen LogP contribution is 2.31. The van der Waals surface area contributed by atoms with Crippen LogP contribution in [0.25, 0.3) is 5.78 Å². The van der Waals surface area contributed by atoms with Crippen LogP contribution in [-0.4, -0.2) is 19.6 Å². The van der Waals surface area contributed by atoms with Gasteiger partial charge in [-0.15, -0.1) is 5.10 Å². The van der Waals surface area contributed by atoms with Crippen molar-refractivity contribution in [2.75, 3.05) is 0 Å². The zero-order chi connectivity index (χ0) is 19.1. The first-order chi connectivity index (χ1) is 12.0. The third-order valence-electron chi connectivity index (χ3n) is 3.20. The summed E-state index contributed by atoms with van der Waals surface area (Å²) in [5.41, 5.74) is -1.81. The van der Waals surface area contributed by atoms with Crippen molar-refractivity contribution in [3.05, 3.63) is 57.8 Å². The van der Waals surface area contributed by atoms with Crippen molar-refractivity contribution in [3.63, 3.8) is 0 Å². The number of H-pyrrole nitrogens is 1. The summed E-state index contributed by atoms with van der Waals surface area (Å²) in [6.07, 6.45) is -9.39. The molecule has 0 atom stereocenters. The van der Waals surface area contributed by atoms with Crippen LogP contribution in [0.3, 0.4) is 0 Å². The lowest BCUT2D eigenvalue weighted by Crippen LogP contribution is -2.17. The Balaban J connectivity index is 1.85. The standard InChI is InChI=1S/C14H8F6N4O2/c15-13(16,17)7-2-1-3-9(4-7)26-6-8-5-10(25)24-12(21-8)22-11(23-24)14(18,19)20/h1-5H,6H2,(H,21,22,23). The Labute approximate surface area is 140 Å². The highest BCUT2D eigenvalue weighted by Gasteiger charge is 2.36. The number of fused-ring (bicyclic) bond motifs is 1. The highest BCUT2D eigenvalue weighted by molar-refractivity contribution is 5.31. The van der Waals surface area contributed by atoms with Crippen LogP contribution >= 0.6 is 0 Å². The van der Waals surface area contributed by atoms with Crippen LogP contribution in [0.15, 0.2) is 35.1 Å². The minimum atomic E-state index is -4.83. The average Bonchev–Trinajstić information content (AvgIpc) is 2.97.